The lowest BCUT2D eigenvalue weighted by Gasteiger charge is -2.10. The summed E-state index contributed by atoms with van der Waals surface area (Å²) >= 11 is 0. The van der Waals surface area contributed by atoms with Gasteiger partial charge in [0.05, 0.1) is 0 Å². The number of aromatic nitrogens is 1. The molecule has 1 N–H and O–H groups in total. The highest BCUT2D eigenvalue weighted by atomic mass is 16.5. The minimum Gasteiger partial charge on any atom is -0.385 e. The summed E-state index contributed by atoms with van der Waals surface area (Å²) < 4.78 is 7.33. The van der Waals surface area contributed by atoms with Gasteiger partial charge in [-0.25, -0.2) is 0 Å². The molecule has 3 heteroatoms. The number of nitrogens with zero attached hydrogens (tertiary/aromatic N) is 1. The summed E-state index contributed by atoms with van der Waals surface area (Å²) in [5, 5.41) is 3.45. The fraction of sp³-hybridized carbons (Fsp3) is 0.375. The van der Waals surface area contributed by atoms with Crippen LogP contribution >= 0.6 is 0 Å². The van der Waals surface area contributed by atoms with E-state index in [4.69, 9.17) is 4.74 Å². The average molecular weight is 258 g/mol. The van der Waals surface area contributed by atoms with Gasteiger partial charge in [-0.2, -0.15) is 0 Å². The molecule has 0 amide bonds. The van der Waals surface area contributed by atoms with Crippen LogP contribution in [0.25, 0.3) is 0 Å². The number of hydrogen-bond acceptors (Lipinski definition) is 2. The molecule has 0 aliphatic heterocycles. The van der Waals surface area contributed by atoms with E-state index in [1.165, 1.54) is 11.3 Å². The molecule has 0 saturated heterocycles. The molecular weight excluding hydrogens is 236 g/mol. The Bertz CT molecular complexity index is 465. The zero-order chi connectivity index (χ0) is 13.3. The zero-order valence-corrected chi connectivity index (χ0v) is 11.5. The van der Waals surface area contributed by atoms with Crippen LogP contribution in [0.15, 0.2) is 48.7 Å². The number of hydrogen-bond donors (Lipinski definition) is 1. The minimum atomic E-state index is 0.817. The summed E-state index contributed by atoms with van der Waals surface area (Å²) in [6.07, 6.45) is 3.19. The summed E-state index contributed by atoms with van der Waals surface area (Å²) in [5.74, 6) is 0. The van der Waals surface area contributed by atoms with Gasteiger partial charge in [0.15, 0.2) is 0 Å². The third kappa shape index (κ3) is 4.54. The van der Waals surface area contributed by atoms with Crippen LogP contribution in [0.1, 0.15) is 17.7 Å². The van der Waals surface area contributed by atoms with Gasteiger partial charge in [0.1, 0.15) is 0 Å². The van der Waals surface area contributed by atoms with Crippen LogP contribution in [0.3, 0.4) is 0 Å². The van der Waals surface area contributed by atoms with Crippen LogP contribution < -0.4 is 5.32 Å². The maximum atomic E-state index is 5.04. The topological polar surface area (TPSA) is 26.2 Å². The van der Waals surface area contributed by atoms with Gasteiger partial charge in [0.25, 0.3) is 0 Å². The lowest BCUT2D eigenvalue weighted by atomic mass is 10.2. The smallest absolute Gasteiger partial charge is 0.0474 e. The van der Waals surface area contributed by atoms with E-state index in [0.717, 1.165) is 32.7 Å². The number of nitrogens with one attached hydrogen (secondary N) is 1. The first kappa shape index (κ1) is 13.8. The van der Waals surface area contributed by atoms with Gasteiger partial charge in [-0.1, -0.05) is 30.3 Å². The van der Waals surface area contributed by atoms with Crippen molar-refractivity contribution in [2.45, 2.75) is 19.5 Å². The fourth-order valence-corrected chi connectivity index (χ4v) is 2.10. The van der Waals surface area contributed by atoms with Crippen LogP contribution in [-0.4, -0.2) is 24.8 Å². The largest absolute Gasteiger partial charge is 0.385 e. The second-order valence-corrected chi connectivity index (χ2v) is 4.64. The molecule has 1 aromatic carbocycles. The van der Waals surface area contributed by atoms with Gasteiger partial charge < -0.3 is 14.6 Å². The number of rotatable bonds is 8. The van der Waals surface area contributed by atoms with E-state index in [0.29, 0.717) is 0 Å². The van der Waals surface area contributed by atoms with Gasteiger partial charge in [-0.05, 0) is 30.7 Å². The Morgan fingerprint density at radius 3 is 2.74 bits per heavy atom. The SMILES string of the molecule is COCCCNCc1cccn1Cc1ccccc1. The quantitative estimate of drug-likeness (QED) is 0.737. The molecular formula is C16H22N2O. The minimum absolute atomic E-state index is 0.817. The van der Waals surface area contributed by atoms with Crippen LogP contribution in [-0.2, 0) is 17.8 Å². The lowest BCUT2D eigenvalue weighted by Crippen LogP contribution is -2.18. The van der Waals surface area contributed by atoms with Crippen LogP contribution in [0.5, 0.6) is 0 Å². The van der Waals surface area contributed by atoms with Crippen molar-refractivity contribution in [3.8, 4) is 0 Å². The van der Waals surface area contributed by atoms with E-state index < -0.39 is 0 Å². The predicted molar refractivity (Wildman–Crippen MR) is 78.2 cm³/mol. The number of ether oxygens (including phenoxy) is 1. The van der Waals surface area contributed by atoms with Crippen LogP contribution in [0.4, 0.5) is 0 Å². The molecule has 1 heterocycles. The molecule has 0 unspecified atom stereocenters. The maximum Gasteiger partial charge on any atom is 0.0474 e. The Kier molecular flexibility index (Phi) is 5.66. The molecule has 0 aliphatic rings. The van der Waals surface area contributed by atoms with Crippen molar-refractivity contribution in [2.75, 3.05) is 20.3 Å². The van der Waals surface area contributed by atoms with Crippen LogP contribution in [0, 0.1) is 0 Å². The highest BCUT2D eigenvalue weighted by molar-refractivity contribution is 5.17. The first-order chi connectivity index (χ1) is 9.40. The molecule has 102 valence electrons. The number of methoxy groups -OCH3 is 1. The van der Waals surface area contributed by atoms with Gasteiger partial charge in [-0.3, -0.25) is 0 Å². The van der Waals surface area contributed by atoms with Crippen LogP contribution in [0.2, 0.25) is 0 Å². The highest BCUT2D eigenvalue weighted by Crippen LogP contribution is 2.07. The molecule has 2 aromatic rings. The van der Waals surface area contributed by atoms with Crippen molar-refractivity contribution in [2.24, 2.45) is 0 Å². The Morgan fingerprint density at radius 2 is 1.95 bits per heavy atom. The maximum absolute atomic E-state index is 5.04. The first-order valence-electron chi connectivity index (χ1n) is 6.78. The van der Waals surface area contributed by atoms with Crippen molar-refractivity contribution in [1.82, 2.24) is 9.88 Å². The second kappa shape index (κ2) is 7.77. The molecule has 0 aliphatic carbocycles. The first-order valence-corrected chi connectivity index (χ1v) is 6.78. The summed E-state index contributed by atoms with van der Waals surface area (Å²) in [5.41, 5.74) is 2.65. The van der Waals surface area contributed by atoms with E-state index in [2.05, 4.69) is 58.5 Å². The van der Waals surface area contributed by atoms with Crippen molar-refractivity contribution in [3.05, 3.63) is 59.9 Å². The van der Waals surface area contributed by atoms with Gasteiger partial charge in [0.2, 0.25) is 0 Å². The van der Waals surface area contributed by atoms with Gasteiger partial charge in [-0.15, -0.1) is 0 Å². The Morgan fingerprint density at radius 1 is 1.11 bits per heavy atom. The Balaban J connectivity index is 1.84. The van der Waals surface area contributed by atoms with E-state index in [1.807, 2.05) is 0 Å². The summed E-state index contributed by atoms with van der Waals surface area (Å²) in [7, 11) is 1.74. The van der Waals surface area contributed by atoms with Crippen molar-refractivity contribution < 1.29 is 4.74 Å². The molecule has 3 nitrogen and oxygen atoms in total. The molecule has 0 bridgehead atoms. The van der Waals surface area contributed by atoms with Crippen molar-refractivity contribution in [1.29, 1.82) is 0 Å². The van der Waals surface area contributed by atoms with Gasteiger partial charge >= 0.3 is 0 Å². The normalized spacial score (nSPS) is 10.8. The molecule has 19 heavy (non-hydrogen) atoms. The highest BCUT2D eigenvalue weighted by Gasteiger charge is 2.01. The monoisotopic (exact) mass is 258 g/mol. The van der Waals surface area contributed by atoms with Crippen molar-refractivity contribution in [3.63, 3.8) is 0 Å². The van der Waals surface area contributed by atoms with E-state index in [9.17, 15) is 0 Å². The zero-order valence-electron chi connectivity index (χ0n) is 11.5. The average Bonchev–Trinajstić information content (AvgIpc) is 2.87. The number of benzene rings is 1. The van der Waals surface area contributed by atoms with Crippen molar-refractivity contribution >= 4 is 0 Å². The standard InChI is InChI=1S/C16H22N2O/c1-19-12-6-10-17-13-16-9-5-11-18(16)14-15-7-3-2-4-8-15/h2-5,7-9,11,17H,6,10,12-14H2,1H3. The predicted octanol–water partition coefficient (Wildman–Crippen LogP) is 2.66. The molecule has 2 rings (SSSR count). The lowest BCUT2D eigenvalue weighted by molar-refractivity contribution is 0.194. The summed E-state index contributed by atoms with van der Waals surface area (Å²) in [4.78, 5) is 0. The second-order valence-electron chi connectivity index (χ2n) is 4.64. The van der Waals surface area contributed by atoms with E-state index >= 15 is 0 Å². The molecule has 0 atom stereocenters. The molecule has 0 radical (unpaired) electrons. The fourth-order valence-electron chi connectivity index (χ4n) is 2.10. The van der Waals surface area contributed by atoms with Gasteiger partial charge in [0, 0.05) is 38.7 Å². The molecule has 0 spiro atoms. The molecule has 0 saturated carbocycles. The molecule has 1 aromatic heterocycles. The Labute approximate surface area is 115 Å². The summed E-state index contributed by atoms with van der Waals surface area (Å²) in [6, 6.07) is 14.8. The Hall–Kier alpha value is -1.58. The third-order valence-corrected chi connectivity index (χ3v) is 3.13. The van der Waals surface area contributed by atoms with E-state index in [1.54, 1.807) is 7.11 Å². The van der Waals surface area contributed by atoms with E-state index in [-0.39, 0.29) is 0 Å². The summed E-state index contributed by atoms with van der Waals surface area (Å²) in [6.45, 7) is 3.65. The molecule has 0 fully saturated rings. The third-order valence-electron chi connectivity index (χ3n) is 3.13.